The lowest BCUT2D eigenvalue weighted by molar-refractivity contribution is -0.274. The minimum atomic E-state index is -1.25. The quantitative estimate of drug-likeness (QED) is 0.0713. The molecule has 1 aliphatic heterocycles. The van der Waals surface area contributed by atoms with E-state index in [-0.39, 0.29) is 26.2 Å². The van der Waals surface area contributed by atoms with E-state index in [2.05, 4.69) is 5.32 Å². The molecule has 1 heterocycles. The number of nitrogens with one attached hydrogen (secondary N) is 1. The molecule has 5 aromatic carbocycles. The second-order valence-electron chi connectivity index (χ2n) is 14.1. The number of ether oxygens (including phenoxy) is 6. The van der Waals surface area contributed by atoms with Crippen LogP contribution < -0.4 is 5.32 Å². The van der Waals surface area contributed by atoms with E-state index in [1.807, 2.05) is 152 Å². The smallest absolute Gasteiger partial charge is 0.407 e. The second-order valence-corrected chi connectivity index (χ2v) is 14.1. The summed E-state index contributed by atoms with van der Waals surface area (Å²) in [7, 11) is 0. The Labute approximate surface area is 335 Å². The van der Waals surface area contributed by atoms with Gasteiger partial charge in [0.1, 0.15) is 31.0 Å². The number of carbonyl (C=O) groups is 1. The van der Waals surface area contributed by atoms with Gasteiger partial charge in [-0.1, -0.05) is 152 Å². The van der Waals surface area contributed by atoms with Crippen LogP contribution in [0.1, 0.15) is 40.7 Å². The molecule has 5 aromatic rings. The van der Waals surface area contributed by atoms with Gasteiger partial charge in [0.15, 0.2) is 0 Å². The maximum Gasteiger partial charge on any atom is 0.407 e. The molecule has 0 saturated carbocycles. The van der Waals surface area contributed by atoms with Crippen LogP contribution in [-0.2, 0) is 61.5 Å². The van der Waals surface area contributed by atoms with Gasteiger partial charge < -0.3 is 44.0 Å². The molecule has 1 fully saturated rings. The normalized spacial score (nSPS) is 20.4. The van der Waals surface area contributed by atoms with Crippen LogP contribution in [0.2, 0.25) is 0 Å². The van der Waals surface area contributed by atoms with E-state index in [1.54, 1.807) is 0 Å². The fourth-order valence-corrected chi connectivity index (χ4v) is 6.87. The Morgan fingerprint density at radius 1 is 0.561 bits per heavy atom. The second kappa shape index (κ2) is 22.7. The van der Waals surface area contributed by atoms with E-state index in [0.29, 0.717) is 26.2 Å². The molecule has 1 amide bonds. The van der Waals surface area contributed by atoms with Crippen LogP contribution in [0.25, 0.3) is 0 Å². The molecule has 3 N–H and O–H groups in total. The first kappa shape index (κ1) is 41.7. The molecule has 2 unspecified atom stereocenters. The van der Waals surface area contributed by atoms with Crippen LogP contribution in [0.3, 0.4) is 0 Å². The molecule has 10 nitrogen and oxygen atoms in total. The molecular formula is C47H53NO9. The Balaban J connectivity index is 1.27. The average Bonchev–Trinajstić information content (AvgIpc) is 3.27. The lowest BCUT2D eigenvalue weighted by Crippen LogP contribution is -2.61. The third-order valence-corrected chi connectivity index (χ3v) is 9.91. The highest BCUT2D eigenvalue weighted by atomic mass is 16.6. The van der Waals surface area contributed by atoms with Gasteiger partial charge in [-0.25, -0.2) is 4.79 Å². The summed E-state index contributed by atoms with van der Waals surface area (Å²) >= 11 is 0. The fraction of sp³-hybridized carbons (Fsp3) is 0.340. The average molecular weight is 776 g/mol. The molecule has 7 atom stereocenters. The predicted octanol–water partition coefficient (Wildman–Crippen LogP) is 7.16. The van der Waals surface area contributed by atoms with E-state index in [0.717, 1.165) is 27.8 Å². The van der Waals surface area contributed by atoms with Crippen molar-refractivity contribution >= 4 is 6.09 Å². The number of rotatable bonds is 21. The zero-order valence-electron chi connectivity index (χ0n) is 32.1. The van der Waals surface area contributed by atoms with Gasteiger partial charge in [0.2, 0.25) is 0 Å². The first-order valence-electron chi connectivity index (χ1n) is 19.6. The Hall–Kier alpha value is -4.91. The van der Waals surface area contributed by atoms with Crippen LogP contribution in [0, 0.1) is 0 Å². The van der Waals surface area contributed by atoms with Gasteiger partial charge in [-0.2, -0.15) is 0 Å². The number of benzene rings is 5. The first-order valence-corrected chi connectivity index (χ1v) is 19.6. The van der Waals surface area contributed by atoms with Crippen LogP contribution in [-0.4, -0.2) is 72.2 Å². The number of hydrogen-bond donors (Lipinski definition) is 3. The number of alkyl carbamates (subject to hydrolysis) is 1. The highest BCUT2D eigenvalue weighted by Gasteiger charge is 2.48. The Kier molecular flexibility index (Phi) is 16.6. The number of carbonyl (C=O) groups excluding carboxylic acids is 1. The Morgan fingerprint density at radius 2 is 0.965 bits per heavy atom. The predicted molar refractivity (Wildman–Crippen MR) is 216 cm³/mol. The fourth-order valence-electron chi connectivity index (χ4n) is 6.87. The van der Waals surface area contributed by atoms with Crippen molar-refractivity contribution in [1.29, 1.82) is 0 Å². The van der Waals surface area contributed by atoms with Gasteiger partial charge in [-0.15, -0.1) is 0 Å². The third-order valence-electron chi connectivity index (χ3n) is 9.91. The molecule has 57 heavy (non-hydrogen) atoms. The summed E-state index contributed by atoms with van der Waals surface area (Å²) in [5, 5.41) is 23.7. The maximum absolute atomic E-state index is 13.0. The van der Waals surface area contributed by atoms with Crippen molar-refractivity contribution in [2.45, 2.75) is 88.5 Å². The molecule has 0 aliphatic carbocycles. The number of aliphatic hydroxyl groups is 2. The Morgan fingerprint density at radius 3 is 1.42 bits per heavy atom. The molecule has 300 valence electrons. The van der Waals surface area contributed by atoms with E-state index in [1.165, 1.54) is 0 Å². The third kappa shape index (κ3) is 13.3. The molecule has 6 rings (SSSR count). The monoisotopic (exact) mass is 775 g/mol. The first-order chi connectivity index (χ1) is 28.1. The lowest BCUT2D eigenvalue weighted by atomic mass is 9.90. The summed E-state index contributed by atoms with van der Waals surface area (Å²) in [6.45, 7) is 0.971. The van der Waals surface area contributed by atoms with Crippen molar-refractivity contribution in [3.05, 3.63) is 179 Å². The van der Waals surface area contributed by atoms with Crippen molar-refractivity contribution in [3.8, 4) is 0 Å². The highest BCUT2D eigenvalue weighted by Crippen LogP contribution is 2.33. The van der Waals surface area contributed by atoms with Crippen molar-refractivity contribution in [3.63, 3.8) is 0 Å². The minimum Gasteiger partial charge on any atom is -0.445 e. The zero-order valence-corrected chi connectivity index (χ0v) is 32.1. The van der Waals surface area contributed by atoms with Gasteiger partial charge in [0, 0.05) is 0 Å². The minimum absolute atomic E-state index is 0.0607. The van der Waals surface area contributed by atoms with Gasteiger partial charge >= 0.3 is 6.09 Å². The molecule has 0 spiro atoms. The van der Waals surface area contributed by atoms with Crippen LogP contribution in [0.4, 0.5) is 4.79 Å². The van der Waals surface area contributed by atoms with Crippen LogP contribution in [0.15, 0.2) is 152 Å². The largest absolute Gasteiger partial charge is 0.445 e. The summed E-state index contributed by atoms with van der Waals surface area (Å²) in [6.07, 6.45) is -4.43. The van der Waals surface area contributed by atoms with Crippen molar-refractivity contribution < 1.29 is 43.4 Å². The number of amides is 1. The molecule has 0 bridgehead atoms. The van der Waals surface area contributed by atoms with E-state index in [4.69, 9.17) is 28.4 Å². The summed E-state index contributed by atoms with van der Waals surface area (Å²) < 4.78 is 39.1. The van der Waals surface area contributed by atoms with Crippen molar-refractivity contribution in [1.82, 2.24) is 5.32 Å². The van der Waals surface area contributed by atoms with Crippen LogP contribution >= 0.6 is 0 Å². The highest BCUT2D eigenvalue weighted by molar-refractivity contribution is 5.67. The Bertz CT molecular complexity index is 1840. The maximum atomic E-state index is 13.0. The van der Waals surface area contributed by atoms with E-state index >= 15 is 0 Å². The standard InChI is InChI=1S/C47H53NO9/c49-28-41(50)40(48-47(51)56-33-39-24-14-5-15-25-39)26-27-42-44(53-30-36-18-8-2-9-19-36)46(55-32-38-22-12-4-13-23-38)45(54-31-37-20-10-3-11-21-37)43(57-42)34-52-29-35-16-6-1-7-17-35/h1-25,40-46,49-50H,26-34H2,(H,48,51)/t40-,41+,42+,43?,44?,45-,46+/m0/s1. The number of aliphatic hydroxyl groups excluding tert-OH is 2. The molecule has 10 heteroatoms. The van der Waals surface area contributed by atoms with E-state index in [9.17, 15) is 15.0 Å². The summed E-state index contributed by atoms with van der Waals surface area (Å²) in [5.41, 5.74) is 4.82. The molecule has 0 radical (unpaired) electrons. The van der Waals surface area contributed by atoms with Gasteiger partial charge in [-0.05, 0) is 40.7 Å². The van der Waals surface area contributed by atoms with Crippen LogP contribution in [0.5, 0.6) is 0 Å². The van der Waals surface area contributed by atoms with Crippen molar-refractivity contribution in [2.24, 2.45) is 0 Å². The molecule has 1 aliphatic rings. The van der Waals surface area contributed by atoms with Gasteiger partial charge in [-0.3, -0.25) is 0 Å². The zero-order chi connectivity index (χ0) is 39.5. The molecular weight excluding hydrogens is 723 g/mol. The van der Waals surface area contributed by atoms with Gasteiger partial charge in [0.05, 0.1) is 57.9 Å². The summed E-state index contributed by atoms with van der Waals surface area (Å²) in [4.78, 5) is 13.0. The summed E-state index contributed by atoms with van der Waals surface area (Å²) in [5.74, 6) is 0. The van der Waals surface area contributed by atoms with Crippen molar-refractivity contribution in [2.75, 3.05) is 13.2 Å². The lowest BCUT2D eigenvalue weighted by Gasteiger charge is -2.46. The van der Waals surface area contributed by atoms with E-state index < -0.39 is 55.4 Å². The number of hydrogen-bond acceptors (Lipinski definition) is 9. The summed E-state index contributed by atoms with van der Waals surface area (Å²) in [6, 6.07) is 48.2. The topological polar surface area (TPSA) is 125 Å². The molecule has 1 saturated heterocycles. The SMILES string of the molecule is O=C(N[C@@H](CC[C@H]1OC(COCc2ccccc2)[C@H](OCc2ccccc2)[C@H](OCc2ccccc2)C1OCc1ccccc1)[C@H](O)CO)OCc1ccccc1. The molecule has 0 aromatic heterocycles. The van der Waals surface area contributed by atoms with Gasteiger partial charge in [0.25, 0.3) is 0 Å².